The Morgan fingerprint density at radius 1 is 1.15 bits per heavy atom. The Balaban J connectivity index is 1.73. The Labute approximate surface area is 156 Å². The minimum Gasteiger partial charge on any atom is -0.494 e. The van der Waals surface area contributed by atoms with Gasteiger partial charge in [-0.1, -0.05) is 17.4 Å². The van der Waals surface area contributed by atoms with E-state index in [1.807, 2.05) is 29.6 Å². The summed E-state index contributed by atoms with van der Waals surface area (Å²) in [6.45, 7) is 0. The lowest BCUT2D eigenvalue weighted by molar-refractivity contribution is 0.102. The fraction of sp³-hybridized carbons (Fsp3) is 0.0526. The van der Waals surface area contributed by atoms with E-state index in [4.69, 9.17) is 4.74 Å². The number of nitrogens with one attached hydrogen (secondary N) is 1. The summed E-state index contributed by atoms with van der Waals surface area (Å²) < 4.78 is 19.4. The lowest BCUT2D eigenvalue weighted by Crippen LogP contribution is -2.11. The molecule has 2 aromatic carbocycles. The van der Waals surface area contributed by atoms with Gasteiger partial charge in [-0.3, -0.25) is 10.1 Å². The molecule has 0 aliphatic rings. The van der Waals surface area contributed by atoms with Crippen LogP contribution < -0.4 is 10.1 Å². The molecule has 0 unspecified atom stereocenters. The van der Waals surface area contributed by atoms with Crippen molar-refractivity contribution in [3.8, 4) is 16.2 Å². The van der Waals surface area contributed by atoms with E-state index in [0.29, 0.717) is 22.0 Å². The van der Waals surface area contributed by atoms with Crippen molar-refractivity contribution >= 4 is 43.9 Å². The van der Waals surface area contributed by atoms with Crippen LogP contribution in [-0.4, -0.2) is 18.0 Å². The minimum atomic E-state index is -0.383. The molecule has 4 aromatic rings. The summed E-state index contributed by atoms with van der Waals surface area (Å²) in [6.07, 6.45) is 0. The second-order valence-corrected chi connectivity index (χ2v) is 7.40. The van der Waals surface area contributed by atoms with Gasteiger partial charge in [-0.25, -0.2) is 9.37 Å². The molecule has 0 atom stereocenters. The van der Waals surface area contributed by atoms with Crippen LogP contribution in [0.1, 0.15) is 10.4 Å². The van der Waals surface area contributed by atoms with Crippen molar-refractivity contribution in [1.29, 1.82) is 0 Å². The Kier molecular flexibility index (Phi) is 4.40. The normalized spacial score (nSPS) is 10.8. The second-order valence-electron chi connectivity index (χ2n) is 5.45. The van der Waals surface area contributed by atoms with Gasteiger partial charge < -0.3 is 4.74 Å². The van der Waals surface area contributed by atoms with Crippen molar-refractivity contribution in [2.45, 2.75) is 0 Å². The molecule has 0 bridgehead atoms. The van der Waals surface area contributed by atoms with Gasteiger partial charge in [-0.15, -0.1) is 11.3 Å². The largest absolute Gasteiger partial charge is 0.494 e. The highest BCUT2D eigenvalue weighted by Gasteiger charge is 2.16. The second kappa shape index (κ2) is 6.86. The highest BCUT2D eigenvalue weighted by Crippen LogP contribution is 2.41. The van der Waals surface area contributed by atoms with Crippen molar-refractivity contribution < 1.29 is 13.9 Å². The predicted octanol–water partition coefficient (Wildman–Crippen LogP) is 5.42. The molecule has 0 fully saturated rings. The number of anilines is 1. The third-order valence-electron chi connectivity index (χ3n) is 3.84. The van der Waals surface area contributed by atoms with Crippen molar-refractivity contribution in [2.24, 2.45) is 0 Å². The number of benzene rings is 2. The van der Waals surface area contributed by atoms with E-state index in [9.17, 15) is 9.18 Å². The molecule has 2 heterocycles. The van der Waals surface area contributed by atoms with Crippen LogP contribution in [0.5, 0.6) is 5.75 Å². The number of nitrogens with zero attached hydrogens (tertiary/aromatic N) is 1. The summed E-state index contributed by atoms with van der Waals surface area (Å²) in [5.74, 6) is -0.0635. The zero-order chi connectivity index (χ0) is 18.1. The SMILES string of the molecule is COc1ccc(-c2cccs2)c2sc(NC(=O)c3ccc(F)cc3)nc12. The summed E-state index contributed by atoms with van der Waals surface area (Å²) >= 11 is 3.03. The molecule has 0 saturated heterocycles. The maximum absolute atomic E-state index is 13.0. The van der Waals surface area contributed by atoms with Gasteiger partial charge in [0.15, 0.2) is 5.13 Å². The average molecular weight is 384 g/mol. The van der Waals surface area contributed by atoms with E-state index in [-0.39, 0.29) is 11.7 Å². The van der Waals surface area contributed by atoms with Crippen LogP contribution >= 0.6 is 22.7 Å². The fourth-order valence-electron chi connectivity index (χ4n) is 2.60. The lowest BCUT2D eigenvalue weighted by atomic mass is 10.1. The topological polar surface area (TPSA) is 51.2 Å². The fourth-order valence-corrected chi connectivity index (χ4v) is 4.43. The molecule has 130 valence electrons. The number of thiazole rings is 1. The van der Waals surface area contributed by atoms with Gasteiger partial charge in [0.2, 0.25) is 0 Å². The minimum absolute atomic E-state index is 0.333. The van der Waals surface area contributed by atoms with Crippen LogP contribution in [0.4, 0.5) is 9.52 Å². The standard InChI is InChI=1S/C19H13FN2O2S2/c1-24-14-9-8-13(15-3-2-10-25-15)17-16(14)21-19(26-17)22-18(23)11-4-6-12(20)7-5-11/h2-10H,1H3,(H,21,22,23). The lowest BCUT2D eigenvalue weighted by Gasteiger charge is -2.03. The number of hydrogen-bond donors (Lipinski definition) is 1. The Morgan fingerprint density at radius 3 is 2.65 bits per heavy atom. The number of ether oxygens (including phenoxy) is 1. The molecule has 0 spiro atoms. The van der Waals surface area contributed by atoms with E-state index < -0.39 is 0 Å². The van der Waals surface area contributed by atoms with E-state index >= 15 is 0 Å². The summed E-state index contributed by atoms with van der Waals surface area (Å²) in [5, 5.41) is 5.27. The van der Waals surface area contributed by atoms with Gasteiger partial charge in [0.25, 0.3) is 5.91 Å². The Morgan fingerprint density at radius 2 is 1.96 bits per heavy atom. The molecule has 1 N–H and O–H groups in total. The van der Waals surface area contributed by atoms with Gasteiger partial charge >= 0.3 is 0 Å². The number of aromatic nitrogens is 1. The monoisotopic (exact) mass is 384 g/mol. The Hall–Kier alpha value is -2.77. The number of amides is 1. The Bertz CT molecular complexity index is 1070. The van der Waals surface area contributed by atoms with Crippen LogP contribution in [0.3, 0.4) is 0 Å². The smallest absolute Gasteiger partial charge is 0.257 e. The van der Waals surface area contributed by atoms with Crippen LogP contribution in [-0.2, 0) is 0 Å². The first-order chi connectivity index (χ1) is 12.7. The quantitative estimate of drug-likeness (QED) is 0.511. The first-order valence-electron chi connectivity index (χ1n) is 7.74. The van der Waals surface area contributed by atoms with Crippen molar-refractivity contribution in [1.82, 2.24) is 4.98 Å². The molecule has 1 amide bonds. The first-order valence-corrected chi connectivity index (χ1v) is 9.43. The molecule has 4 nitrogen and oxygen atoms in total. The predicted molar refractivity (Wildman–Crippen MR) is 104 cm³/mol. The van der Waals surface area contributed by atoms with Crippen LogP contribution in [0, 0.1) is 5.82 Å². The summed E-state index contributed by atoms with van der Waals surface area (Å²) in [4.78, 5) is 18.0. The number of hydrogen-bond acceptors (Lipinski definition) is 5. The maximum Gasteiger partial charge on any atom is 0.257 e. The van der Waals surface area contributed by atoms with Gasteiger partial charge in [0, 0.05) is 16.0 Å². The van der Waals surface area contributed by atoms with Crippen molar-refractivity contribution in [2.75, 3.05) is 12.4 Å². The third-order valence-corrected chi connectivity index (χ3v) is 5.75. The number of halogens is 1. The molecule has 0 saturated carbocycles. The molecule has 2 aromatic heterocycles. The van der Waals surface area contributed by atoms with Gasteiger partial charge in [-0.05, 0) is 47.8 Å². The zero-order valence-corrected chi connectivity index (χ0v) is 15.3. The number of fused-ring (bicyclic) bond motifs is 1. The number of thiophene rings is 1. The summed E-state index contributed by atoms with van der Waals surface area (Å²) in [7, 11) is 1.59. The van der Waals surface area contributed by atoms with Gasteiger partial charge in [-0.2, -0.15) is 0 Å². The molecular formula is C19H13FN2O2S2. The average Bonchev–Trinajstić information content (AvgIpc) is 3.31. The number of carbonyl (C=O) groups is 1. The zero-order valence-electron chi connectivity index (χ0n) is 13.7. The number of methoxy groups -OCH3 is 1. The molecule has 26 heavy (non-hydrogen) atoms. The van der Waals surface area contributed by atoms with E-state index in [0.717, 1.165) is 15.1 Å². The summed E-state index contributed by atoms with van der Waals surface area (Å²) in [6, 6.07) is 13.3. The van der Waals surface area contributed by atoms with Crippen LogP contribution in [0.15, 0.2) is 53.9 Å². The van der Waals surface area contributed by atoms with Gasteiger partial charge in [0.05, 0.1) is 11.8 Å². The van der Waals surface area contributed by atoms with E-state index in [2.05, 4.69) is 10.3 Å². The molecular weight excluding hydrogens is 371 g/mol. The highest BCUT2D eigenvalue weighted by atomic mass is 32.1. The molecule has 0 aliphatic carbocycles. The van der Waals surface area contributed by atoms with Crippen LogP contribution in [0.2, 0.25) is 0 Å². The van der Waals surface area contributed by atoms with E-state index in [1.165, 1.54) is 35.6 Å². The third kappa shape index (κ3) is 3.07. The molecule has 7 heteroatoms. The molecule has 4 rings (SSSR count). The molecule has 0 aliphatic heterocycles. The highest BCUT2D eigenvalue weighted by molar-refractivity contribution is 7.23. The maximum atomic E-state index is 13.0. The van der Waals surface area contributed by atoms with Crippen molar-refractivity contribution in [3.05, 3.63) is 65.3 Å². The van der Waals surface area contributed by atoms with E-state index in [1.54, 1.807) is 18.4 Å². The first kappa shape index (κ1) is 16.7. The summed E-state index contributed by atoms with van der Waals surface area (Å²) in [5.41, 5.74) is 2.13. The number of rotatable bonds is 4. The van der Waals surface area contributed by atoms with Crippen LogP contribution in [0.25, 0.3) is 20.7 Å². The van der Waals surface area contributed by atoms with Gasteiger partial charge in [0.1, 0.15) is 17.1 Å². The number of carbonyl (C=O) groups excluding carboxylic acids is 1. The molecule has 0 radical (unpaired) electrons. The van der Waals surface area contributed by atoms with Crippen molar-refractivity contribution in [3.63, 3.8) is 0 Å².